The molecule has 0 heterocycles. The largest absolute Gasteiger partial charge is 0.319 e. The Labute approximate surface area is 123 Å². The fourth-order valence-corrected chi connectivity index (χ4v) is 3.47. The lowest BCUT2D eigenvalue weighted by Gasteiger charge is -2.23. The van der Waals surface area contributed by atoms with E-state index >= 15 is 0 Å². The molecule has 0 spiro atoms. The fourth-order valence-electron chi connectivity index (χ4n) is 2.26. The normalized spacial score (nSPS) is 14.2. The van der Waals surface area contributed by atoms with Crippen LogP contribution in [-0.4, -0.2) is 32.5 Å². The molecule has 4 heteroatoms. The van der Waals surface area contributed by atoms with Crippen molar-refractivity contribution in [1.82, 2.24) is 5.32 Å². The average Bonchev–Trinajstić information content (AvgIpc) is 2.34. The first-order chi connectivity index (χ1) is 9.19. The second kappa shape index (κ2) is 6.72. The smallest absolute Gasteiger partial charge is 0.155 e. The molecule has 0 amide bonds. The molecule has 1 aromatic rings. The van der Waals surface area contributed by atoms with E-state index in [0.717, 1.165) is 6.54 Å². The van der Waals surface area contributed by atoms with Crippen molar-refractivity contribution in [3.8, 4) is 0 Å². The van der Waals surface area contributed by atoms with E-state index in [1.165, 1.54) is 11.1 Å². The standard InChI is InChI=1S/C16H27NO2S/c1-13-8-6-7-9-15(13)14(12-17-5)10-11-20(18,19)16(2,3)4/h6-9,14,17H,10-12H2,1-5H3. The third kappa shape index (κ3) is 4.32. The minimum atomic E-state index is -3.06. The lowest BCUT2D eigenvalue weighted by atomic mass is 9.92. The summed E-state index contributed by atoms with van der Waals surface area (Å²) in [7, 11) is -1.15. The number of hydrogen-bond acceptors (Lipinski definition) is 3. The van der Waals surface area contributed by atoms with Gasteiger partial charge in [-0.25, -0.2) is 8.42 Å². The van der Waals surface area contributed by atoms with E-state index in [-0.39, 0.29) is 11.7 Å². The lowest BCUT2D eigenvalue weighted by molar-refractivity contribution is 0.545. The predicted molar refractivity (Wildman–Crippen MR) is 86.0 cm³/mol. The van der Waals surface area contributed by atoms with Gasteiger partial charge in [-0.2, -0.15) is 0 Å². The van der Waals surface area contributed by atoms with Crippen LogP contribution >= 0.6 is 0 Å². The van der Waals surface area contributed by atoms with Crippen LogP contribution in [0.2, 0.25) is 0 Å². The molecule has 1 N–H and O–H groups in total. The summed E-state index contributed by atoms with van der Waals surface area (Å²) < 4.78 is 23.8. The van der Waals surface area contributed by atoms with Crippen LogP contribution in [0.5, 0.6) is 0 Å². The molecule has 1 unspecified atom stereocenters. The zero-order valence-electron chi connectivity index (χ0n) is 13.2. The van der Waals surface area contributed by atoms with Crippen LogP contribution in [0.3, 0.4) is 0 Å². The van der Waals surface area contributed by atoms with Crippen molar-refractivity contribution < 1.29 is 8.42 Å². The molecular formula is C16H27NO2S. The van der Waals surface area contributed by atoms with Gasteiger partial charge < -0.3 is 5.32 Å². The van der Waals surface area contributed by atoms with Crippen molar-refractivity contribution in [3.05, 3.63) is 35.4 Å². The van der Waals surface area contributed by atoms with Crippen LogP contribution in [0.25, 0.3) is 0 Å². The highest BCUT2D eigenvalue weighted by Gasteiger charge is 2.29. The van der Waals surface area contributed by atoms with Gasteiger partial charge in [0.2, 0.25) is 0 Å². The van der Waals surface area contributed by atoms with Crippen molar-refractivity contribution in [2.24, 2.45) is 0 Å². The molecule has 0 radical (unpaired) electrons. The van der Waals surface area contributed by atoms with Crippen LogP contribution in [0, 0.1) is 6.92 Å². The Morgan fingerprint density at radius 1 is 1.20 bits per heavy atom. The van der Waals surface area contributed by atoms with Crippen LogP contribution in [0.4, 0.5) is 0 Å². The zero-order valence-corrected chi connectivity index (χ0v) is 14.0. The van der Waals surface area contributed by atoms with Gasteiger partial charge in [0.25, 0.3) is 0 Å². The fraction of sp³-hybridized carbons (Fsp3) is 0.625. The van der Waals surface area contributed by atoms with Gasteiger partial charge in [-0.1, -0.05) is 24.3 Å². The number of rotatable bonds is 6. The number of nitrogens with one attached hydrogen (secondary N) is 1. The van der Waals surface area contributed by atoms with Crippen molar-refractivity contribution >= 4 is 9.84 Å². The van der Waals surface area contributed by atoms with E-state index < -0.39 is 14.6 Å². The number of sulfone groups is 1. The van der Waals surface area contributed by atoms with Gasteiger partial charge in [-0.15, -0.1) is 0 Å². The maximum Gasteiger partial charge on any atom is 0.155 e. The van der Waals surface area contributed by atoms with Gasteiger partial charge in [0.05, 0.1) is 10.5 Å². The molecule has 0 bridgehead atoms. The molecule has 20 heavy (non-hydrogen) atoms. The quantitative estimate of drug-likeness (QED) is 0.878. The first kappa shape index (κ1) is 17.2. The molecule has 0 aromatic heterocycles. The summed E-state index contributed by atoms with van der Waals surface area (Å²) in [4.78, 5) is 0. The van der Waals surface area contributed by atoms with Crippen molar-refractivity contribution in [2.75, 3.05) is 19.3 Å². The molecule has 3 nitrogen and oxygen atoms in total. The van der Waals surface area contributed by atoms with E-state index in [4.69, 9.17) is 0 Å². The minimum absolute atomic E-state index is 0.233. The Balaban J connectivity index is 2.88. The Hall–Kier alpha value is -0.870. The molecule has 114 valence electrons. The molecule has 0 aliphatic heterocycles. The van der Waals surface area contributed by atoms with E-state index in [1.807, 2.05) is 19.2 Å². The van der Waals surface area contributed by atoms with Gasteiger partial charge in [0, 0.05) is 6.54 Å². The van der Waals surface area contributed by atoms with Crippen molar-refractivity contribution in [2.45, 2.75) is 44.8 Å². The van der Waals surface area contributed by atoms with Gasteiger partial charge >= 0.3 is 0 Å². The molecule has 0 aliphatic rings. The third-order valence-corrected chi connectivity index (χ3v) is 6.39. The molecular weight excluding hydrogens is 270 g/mol. The number of hydrogen-bond donors (Lipinski definition) is 1. The number of likely N-dealkylation sites (N-methyl/N-ethyl adjacent to an activating group) is 1. The highest BCUT2D eigenvalue weighted by molar-refractivity contribution is 7.92. The van der Waals surface area contributed by atoms with Crippen LogP contribution in [-0.2, 0) is 9.84 Å². The number of benzene rings is 1. The molecule has 0 saturated carbocycles. The lowest BCUT2D eigenvalue weighted by Crippen LogP contribution is -2.32. The highest BCUT2D eigenvalue weighted by Crippen LogP contribution is 2.25. The molecule has 0 fully saturated rings. The van der Waals surface area contributed by atoms with Crippen LogP contribution in [0.15, 0.2) is 24.3 Å². The Morgan fingerprint density at radius 3 is 2.30 bits per heavy atom. The maximum absolute atomic E-state index is 12.3. The Morgan fingerprint density at radius 2 is 1.80 bits per heavy atom. The summed E-state index contributed by atoms with van der Waals surface area (Å²) in [6, 6.07) is 8.21. The van der Waals surface area contributed by atoms with E-state index in [9.17, 15) is 8.42 Å². The molecule has 0 aliphatic carbocycles. The van der Waals surface area contributed by atoms with Crippen LogP contribution < -0.4 is 5.32 Å². The number of aryl methyl sites for hydroxylation is 1. The summed E-state index contributed by atoms with van der Waals surface area (Å²) in [5.41, 5.74) is 2.46. The monoisotopic (exact) mass is 297 g/mol. The van der Waals surface area contributed by atoms with E-state index in [2.05, 4.69) is 24.4 Å². The van der Waals surface area contributed by atoms with Crippen molar-refractivity contribution in [3.63, 3.8) is 0 Å². The second-order valence-corrected chi connectivity index (χ2v) is 9.19. The average molecular weight is 297 g/mol. The predicted octanol–water partition coefficient (Wildman–Crippen LogP) is 2.90. The minimum Gasteiger partial charge on any atom is -0.319 e. The second-order valence-electron chi connectivity index (χ2n) is 6.33. The third-order valence-electron chi connectivity index (χ3n) is 3.75. The molecule has 1 aromatic carbocycles. The van der Waals surface area contributed by atoms with Crippen molar-refractivity contribution in [1.29, 1.82) is 0 Å². The molecule has 0 saturated heterocycles. The topological polar surface area (TPSA) is 46.2 Å². The summed E-state index contributed by atoms with van der Waals surface area (Å²) in [5.74, 6) is 0.468. The summed E-state index contributed by atoms with van der Waals surface area (Å²) in [6.07, 6.45) is 0.658. The Bertz CT molecular complexity index is 530. The molecule has 1 atom stereocenters. The van der Waals surface area contributed by atoms with Gasteiger partial charge in [0.1, 0.15) is 0 Å². The van der Waals surface area contributed by atoms with Gasteiger partial charge in [-0.05, 0) is 58.2 Å². The van der Waals surface area contributed by atoms with Gasteiger partial charge in [-0.3, -0.25) is 0 Å². The Kier molecular flexibility index (Phi) is 5.78. The maximum atomic E-state index is 12.3. The highest BCUT2D eigenvalue weighted by atomic mass is 32.2. The first-order valence-corrected chi connectivity index (χ1v) is 8.76. The first-order valence-electron chi connectivity index (χ1n) is 7.11. The van der Waals surface area contributed by atoms with Gasteiger partial charge in [0.15, 0.2) is 9.84 Å². The summed E-state index contributed by atoms with van der Waals surface area (Å²) in [6.45, 7) is 8.18. The van der Waals surface area contributed by atoms with E-state index in [1.54, 1.807) is 20.8 Å². The SMILES string of the molecule is CNCC(CCS(=O)(=O)C(C)(C)C)c1ccccc1C. The summed E-state index contributed by atoms with van der Waals surface area (Å²) in [5, 5.41) is 3.17. The zero-order chi connectivity index (χ0) is 15.4. The summed E-state index contributed by atoms with van der Waals surface area (Å²) >= 11 is 0. The van der Waals surface area contributed by atoms with Crippen LogP contribution in [0.1, 0.15) is 44.2 Å². The molecule has 1 rings (SSSR count). The van der Waals surface area contributed by atoms with E-state index in [0.29, 0.717) is 6.42 Å².